The van der Waals surface area contributed by atoms with Crippen LogP contribution in [0.15, 0.2) is 0 Å². The fourth-order valence-corrected chi connectivity index (χ4v) is 3.37. The van der Waals surface area contributed by atoms with Crippen molar-refractivity contribution in [2.24, 2.45) is 11.8 Å². The van der Waals surface area contributed by atoms with Gasteiger partial charge in [-0.1, -0.05) is 59.8 Å². The molecule has 0 N–H and O–H groups in total. The lowest BCUT2D eigenvalue weighted by atomic mass is 10.0. The van der Waals surface area contributed by atoms with Gasteiger partial charge < -0.3 is 14.0 Å². The van der Waals surface area contributed by atoms with Crippen LogP contribution in [0.3, 0.4) is 0 Å². The van der Waals surface area contributed by atoms with Crippen LogP contribution in [0.2, 0.25) is 0 Å². The summed E-state index contributed by atoms with van der Waals surface area (Å²) in [6.07, 6.45) is 5.45. The Bertz CT molecular complexity index is 530. The summed E-state index contributed by atoms with van der Waals surface area (Å²) in [6.45, 7) is 8.19. The predicted octanol–water partition coefficient (Wildman–Crippen LogP) is 3.42. The maximum Gasteiger partial charge on any atom is 0.323 e. The van der Waals surface area contributed by atoms with Gasteiger partial charge in [0.25, 0.3) is 0 Å². The number of carbonyl (C=O) groups is 2. The highest BCUT2D eigenvalue weighted by molar-refractivity contribution is 7.87. The summed E-state index contributed by atoms with van der Waals surface area (Å²) in [6, 6.07) is 0. The minimum absolute atomic E-state index is 0.0464. The lowest BCUT2D eigenvalue weighted by Crippen LogP contribution is -2.35. The number of hydrogen-bond acceptors (Lipinski definition) is 7. The van der Waals surface area contributed by atoms with Gasteiger partial charge in [0.2, 0.25) is 0 Å². The van der Waals surface area contributed by atoms with Gasteiger partial charge in [-0.25, -0.2) is 8.42 Å². The van der Waals surface area contributed by atoms with Crippen LogP contribution in [0, 0.1) is 11.8 Å². The molecule has 160 valence electrons. The van der Waals surface area contributed by atoms with Crippen molar-refractivity contribution in [3.63, 3.8) is 0 Å². The molecule has 0 fully saturated rings. The first kappa shape index (κ1) is 25.9. The van der Waals surface area contributed by atoms with Crippen molar-refractivity contribution in [1.29, 1.82) is 0 Å². The lowest BCUT2D eigenvalue weighted by Gasteiger charge is -2.21. The van der Waals surface area contributed by atoms with Crippen LogP contribution in [0.4, 0.5) is 0 Å². The summed E-state index contributed by atoms with van der Waals surface area (Å²) in [5.41, 5.74) is 0. The molecule has 8 heteroatoms. The molecule has 0 aliphatic heterocycles. The van der Waals surface area contributed by atoms with E-state index in [-0.39, 0.29) is 25.0 Å². The molecular formula is C19H35O7S-. The van der Waals surface area contributed by atoms with Crippen LogP contribution >= 0.6 is 0 Å². The molecule has 3 atom stereocenters. The quantitative estimate of drug-likeness (QED) is 0.302. The maximum absolute atomic E-state index is 12.1. The van der Waals surface area contributed by atoms with Crippen LogP contribution < -0.4 is 0 Å². The highest BCUT2D eigenvalue weighted by Gasteiger charge is 2.31. The van der Waals surface area contributed by atoms with Crippen LogP contribution in [-0.2, 0) is 29.2 Å². The van der Waals surface area contributed by atoms with Gasteiger partial charge in [0.15, 0.2) is 5.25 Å². The van der Waals surface area contributed by atoms with Crippen LogP contribution in [0.5, 0.6) is 0 Å². The molecule has 0 aromatic heterocycles. The van der Waals surface area contributed by atoms with Crippen molar-refractivity contribution in [3.05, 3.63) is 0 Å². The standard InChI is InChI=1S/C19H36O7S/c1-5-9-11-16(8-4)14-26-19(21)17(27(22,23)24)12-18(20)25-13-15(7-3)10-6-2/h15-17H,5-14H2,1-4H3,(H,22,23,24)/p-1. The molecule has 0 aromatic rings. The van der Waals surface area contributed by atoms with Crippen LogP contribution in [0.25, 0.3) is 0 Å². The van der Waals surface area contributed by atoms with Gasteiger partial charge in [0.1, 0.15) is 10.1 Å². The van der Waals surface area contributed by atoms with Crippen molar-refractivity contribution in [2.45, 2.75) is 84.3 Å². The summed E-state index contributed by atoms with van der Waals surface area (Å²) >= 11 is 0. The van der Waals surface area contributed by atoms with Gasteiger partial charge in [-0.15, -0.1) is 0 Å². The number of ether oxygens (including phenoxy) is 2. The first-order chi connectivity index (χ1) is 12.7. The predicted molar refractivity (Wildman–Crippen MR) is 102 cm³/mol. The largest absolute Gasteiger partial charge is 0.747 e. The van der Waals surface area contributed by atoms with E-state index in [0.717, 1.165) is 44.9 Å². The van der Waals surface area contributed by atoms with Gasteiger partial charge in [-0.2, -0.15) is 0 Å². The molecule has 0 saturated carbocycles. The third-order valence-electron chi connectivity index (χ3n) is 4.72. The molecule has 3 unspecified atom stereocenters. The SMILES string of the molecule is CCCCC(CC)COC(=O)C(CC(=O)OCC(CC)CCC)S(=O)(=O)[O-]. The number of rotatable bonds is 15. The topological polar surface area (TPSA) is 110 Å². The number of unbranched alkanes of at least 4 members (excludes halogenated alkanes) is 1. The van der Waals surface area contributed by atoms with Gasteiger partial charge in [0.05, 0.1) is 19.6 Å². The number of esters is 2. The van der Waals surface area contributed by atoms with E-state index in [2.05, 4.69) is 0 Å². The Hall–Kier alpha value is -1.15. The highest BCUT2D eigenvalue weighted by atomic mass is 32.2. The van der Waals surface area contributed by atoms with Gasteiger partial charge in [-0.05, 0) is 24.7 Å². The summed E-state index contributed by atoms with van der Waals surface area (Å²) in [4.78, 5) is 24.0. The zero-order chi connectivity index (χ0) is 20.9. The average Bonchev–Trinajstić information content (AvgIpc) is 2.62. The molecule has 0 bridgehead atoms. The minimum Gasteiger partial charge on any atom is -0.747 e. The lowest BCUT2D eigenvalue weighted by molar-refractivity contribution is -0.151. The van der Waals surface area contributed by atoms with Gasteiger partial charge in [-0.3, -0.25) is 9.59 Å². The number of hydrogen-bond donors (Lipinski definition) is 0. The molecule has 0 spiro atoms. The normalized spacial score (nSPS) is 15.0. The molecule has 0 rings (SSSR count). The molecule has 0 heterocycles. The fourth-order valence-electron chi connectivity index (χ4n) is 2.73. The second-order valence-electron chi connectivity index (χ2n) is 6.98. The van der Waals surface area contributed by atoms with Crippen molar-refractivity contribution in [2.75, 3.05) is 13.2 Å². The monoisotopic (exact) mass is 407 g/mol. The molecule has 0 radical (unpaired) electrons. The smallest absolute Gasteiger partial charge is 0.323 e. The van der Waals surface area contributed by atoms with Crippen LogP contribution in [0.1, 0.15) is 79.1 Å². The third kappa shape index (κ3) is 11.3. The van der Waals surface area contributed by atoms with Gasteiger partial charge >= 0.3 is 11.9 Å². The third-order valence-corrected chi connectivity index (χ3v) is 5.78. The van der Waals surface area contributed by atoms with Crippen molar-refractivity contribution in [3.8, 4) is 0 Å². The Balaban J connectivity index is 4.74. The summed E-state index contributed by atoms with van der Waals surface area (Å²) in [7, 11) is -5.01. The van der Waals surface area contributed by atoms with E-state index in [0.29, 0.717) is 0 Å². The molecule has 27 heavy (non-hydrogen) atoms. The Morgan fingerprint density at radius 2 is 1.44 bits per heavy atom. The van der Waals surface area contributed by atoms with E-state index in [9.17, 15) is 22.6 Å². The van der Waals surface area contributed by atoms with E-state index in [1.54, 1.807) is 0 Å². The van der Waals surface area contributed by atoms with Gasteiger partial charge in [0, 0.05) is 0 Å². The number of carbonyl (C=O) groups excluding carboxylic acids is 2. The minimum atomic E-state index is -5.01. The van der Waals surface area contributed by atoms with E-state index in [1.807, 2.05) is 27.7 Å². The molecule has 0 aliphatic rings. The van der Waals surface area contributed by atoms with Crippen molar-refractivity contribution in [1.82, 2.24) is 0 Å². The maximum atomic E-state index is 12.1. The molecule has 0 aliphatic carbocycles. The Labute approximate surface area is 163 Å². The first-order valence-corrected chi connectivity index (χ1v) is 11.4. The zero-order valence-corrected chi connectivity index (χ0v) is 17.9. The molecule has 0 saturated heterocycles. The van der Waals surface area contributed by atoms with E-state index in [1.165, 1.54) is 0 Å². The summed E-state index contributed by atoms with van der Waals surface area (Å²) in [5, 5.41) is -2.06. The van der Waals surface area contributed by atoms with Crippen LogP contribution in [-0.4, -0.2) is 43.4 Å². The average molecular weight is 408 g/mol. The highest BCUT2D eigenvalue weighted by Crippen LogP contribution is 2.16. The second-order valence-corrected chi connectivity index (χ2v) is 8.53. The van der Waals surface area contributed by atoms with E-state index < -0.39 is 33.7 Å². The van der Waals surface area contributed by atoms with Crippen molar-refractivity contribution >= 4 is 22.1 Å². The molecule has 0 amide bonds. The molecule has 7 nitrogen and oxygen atoms in total. The fraction of sp³-hybridized carbons (Fsp3) is 0.895. The summed E-state index contributed by atoms with van der Waals surface area (Å²) < 4.78 is 44.4. The zero-order valence-electron chi connectivity index (χ0n) is 17.1. The molecule has 0 aromatic carbocycles. The first-order valence-electron chi connectivity index (χ1n) is 9.96. The molecular weight excluding hydrogens is 372 g/mol. The van der Waals surface area contributed by atoms with Crippen molar-refractivity contribution < 1.29 is 32.0 Å². The van der Waals surface area contributed by atoms with E-state index >= 15 is 0 Å². The Kier molecular flexibility index (Phi) is 13.3. The summed E-state index contributed by atoms with van der Waals surface area (Å²) in [5.74, 6) is -1.76. The van der Waals surface area contributed by atoms with E-state index in [4.69, 9.17) is 9.47 Å². The second kappa shape index (κ2) is 13.9. The Morgan fingerprint density at radius 1 is 0.889 bits per heavy atom. The Morgan fingerprint density at radius 3 is 1.93 bits per heavy atom.